The quantitative estimate of drug-likeness (QED) is 0.388. The number of amides is 1. The van der Waals surface area contributed by atoms with Crippen molar-refractivity contribution in [2.75, 3.05) is 4.90 Å². The predicted molar refractivity (Wildman–Crippen MR) is 148 cm³/mol. The van der Waals surface area contributed by atoms with Gasteiger partial charge in [-0.1, -0.05) is 48.0 Å². The van der Waals surface area contributed by atoms with Crippen molar-refractivity contribution >= 4 is 34.9 Å². The lowest BCUT2D eigenvalue weighted by Gasteiger charge is -2.39. The first-order valence-corrected chi connectivity index (χ1v) is 14.8. The maximum atomic E-state index is 14.0. The van der Waals surface area contributed by atoms with Crippen LogP contribution in [0.25, 0.3) is 0 Å². The third-order valence-corrected chi connectivity index (χ3v) is 9.87. The third kappa shape index (κ3) is 7.14. The summed E-state index contributed by atoms with van der Waals surface area (Å²) in [5, 5.41) is 10.1. The minimum absolute atomic E-state index is 0.0481. The first kappa shape index (κ1) is 29.6. The standard InChI is InChI=1S/C29H46N2O5S/c1-7-18(3)24(30)28(35)36-21-14-12-20(13-15-21)31(26(32)19-10-8-17(2)9-11-19)22-16-23(29(4,5)6)37-25(22)27(33)34/h16-21,24H,7-15,30H2,1-6H3,(H,33,34)/t17-,18-,19-,20-,21-,24-/m0/s1. The summed E-state index contributed by atoms with van der Waals surface area (Å²) in [6, 6.07) is 1.18. The van der Waals surface area contributed by atoms with Crippen LogP contribution in [-0.4, -0.2) is 41.1 Å². The molecule has 0 spiro atoms. The number of carbonyl (C=O) groups excluding carboxylic acids is 2. The monoisotopic (exact) mass is 534 g/mol. The number of rotatable bonds is 8. The van der Waals surface area contributed by atoms with E-state index in [9.17, 15) is 19.5 Å². The lowest BCUT2D eigenvalue weighted by molar-refractivity contribution is -0.153. The van der Waals surface area contributed by atoms with Crippen molar-refractivity contribution in [3.05, 3.63) is 15.8 Å². The van der Waals surface area contributed by atoms with Crippen LogP contribution in [0.3, 0.4) is 0 Å². The molecule has 37 heavy (non-hydrogen) atoms. The van der Waals surface area contributed by atoms with Crippen LogP contribution in [0, 0.1) is 17.8 Å². The summed E-state index contributed by atoms with van der Waals surface area (Å²) >= 11 is 1.27. The van der Waals surface area contributed by atoms with Crippen molar-refractivity contribution in [3.8, 4) is 0 Å². The molecule has 2 aliphatic rings. The Morgan fingerprint density at radius 1 is 1.11 bits per heavy atom. The number of carboxylic acids is 1. The van der Waals surface area contributed by atoms with Gasteiger partial charge in [0.15, 0.2) is 0 Å². The lowest BCUT2D eigenvalue weighted by atomic mass is 9.81. The highest BCUT2D eigenvalue weighted by atomic mass is 32.1. The van der Waals surface area contributed by atoms with Crippen molar-refractivity contribution in [2.24, 2.45) is 23.5 Å². The van der Waals surface area contributed by atoms with Crippen LogP contribution in [0.2, 0.25) is 0 Å². The van der Waals surface area contributed by atoms with E-state index in [0.717, 1.165) is 37.0 Å². The summed E-state index contributed by atoms with van der Waals surface area (Å²) in [6.45, 7) is 12.4. The van der Waals surface area contributed by atoms with Gasteiger partial charge in [0, 0.05) is 16.8 Å². The molecule has 0 aromatic carbocycles. The number of hydrogen-bond donors (Lipinski definition) is 2. The predicted octanol–water partition coefficient (Wildman–Crippen LogP) is 6.13. The lowest BCUT2D eigenvalue weighted by Crippen LogP contribution is -2.48. The minimum Gasteiger partial charge on any atom is -0.477 e. The number of aromatic carboxylic acids is 1. The molecule has 208 valence electrons. The van der Waals surface area contributed by atoms with Crippen LogP contribution in [0.5, 0.6) is 0 Å². The van der Waals surface area contributed by atoms with Gasteiger partial charge >= 0.3 is 11.9 Å². The number of hydrogen-bond acceptors (Lipinski definition) is 6. The number of carboxylic acid groups (broad SMARTS) is 1. The van der Waals surface area contributed by atoms with Gasteiger partial charge in [-0.05, 0) is 74.7 Å². The SMILES string of the molecule is CC[C@H](C)[C@H](N)C(=O)O[C@H]1CC[C@H](N(c2cc(C(C)(C)C)sc2C(=O)O)C(=O)[C@H]2CC[C@H](C)CC2)CC1. The van der Waals surface area contributed by atoms with Crippen molar-refractivity contribution < 1.29 is 24.2 Å². The van der Waals surface area contributed by atoms with E-state index in [-0.39, 0.29) is 46.2 Å². The molecule has 0 saturated heterocycles. The number of carbonyl (C=O) groups is 3. The van der Waals surface area contributed by atoms with Gasteiger partial charge in [0.05, 0.1) is 5.69 Å². The Hall–Kier alpha value is -1.93. The van der Waals surface area contributed by atoms with Crippen LogP contribution in [-0.2, 0) is 19.7 Å². The molecule has 2 atom stereocenters. The van der Waals surface area contributed by atoms with E-state index in [4.69, 9.17) is 10.5 Å². The van der Waals surface area contributed by atoms with E-state index in [1.54, 1.807) is 0 Å². The average molecular weight is 535 g/mol. The second kappa shape index (κ2) is 12.3. The highest BCUT2D eigenvalue weighted by Crippen LogP contribution is 2.42. The molecule has 3 rings (SSSR count). The molecule has 1 heterocycles. The molecule has 0 unspecified atom stereocenters. The number of ether oxygens (including phenoxy) is 1. The zero-order valence-electron chi connectivity index (χ0n) is 23.4. The number of anilines is 1. The number of nitrogens with zero attached hydrogens (tertiary/aromatic N) is 1. The topological polar surface area (TPSA) is 110 Å². The number of thiophene rings is 1. The smallest absolute Gasteiger partial charge is 0.348 e. The van der Waals surface area contributed by atoms with Gasteiger partial charge in [-0.3, -0.25) is 9.59 Å². The maximum absolute atomic E-state index is 14.0. The summed E-state index contributed by atoms with van der Waals surface area (Å²) in [6.07, 6.45) is 6.89. The molecular weight excluding hydrogens is 488 g/mol. The fourth-order valence-corrected chi connectivity index (χ4v) is 6.48. The third-order valence-electron chi connectivity index (χ3n) is 8.33. The second-order valence-electron chi connectivity index (χ2n) is 12.3. The molecule has 0 bridgehead atoms. The molecule has 0 aliphatic heterocycles. The summed E-state index contributed by atoms with van der Waals surface area (Å²) in [5.41, 5.74) is 6.39. The molecule has 1 amide bonds. The summed E-state index contributed by atoms with van der Waals surface area (Å²) < 4.78 is 5.75. The Kier molecular flexibility index (Phi) is 9.84. The Morgan fingerprint density at radius 3 is 2.22 bits per heavy atom. The molecule has 0 radical (unpaired) electrons. The molecule has 1 aromatic rings. The van der Waals surface area contributed by atoms with Gasteiger partial charge in [-0.15, -0.1) is 11.3 Å². The first-order valence-electron chi connectivity index (χ1n) is 14.0. The molecule has 2 saturated carbocycles. The summed E-state index contributed by atoms with van der Waals surface area (Å²) in [4.78, 5) is 41.9. The van der Waals surface area contributed by atoms with Gasteiger partial charge in [-0.2, -0.15) is 0 Å². The molecule has 7 nitrogen and oxygen atoms in total. The highest BCUT2D eigenvalue weighted by molar-refractivity contribution is 7.14. The average Bonchev–Trinajstić information content (AvgIpc) is 3.30. The molecular formula is C29H46N2O5S. The van der Waals surface area contributed by atoms with Crippen LogP contribution >= 0.6 is 11.3 Å². The molecule has 8 heteroatoms. The van der Waals surface area contributed by atoms with Crippen LogP contribution in [0.15, 0.2) is 6.07 Å². The minimum atomic E-state index is -0.993. The fraction of sp³-hybridized carbons (Fsp3) is 0.759. The Labute approximate surface area is 226 Å². The van der Waals surface area contributed by atoms with E-state index < -0.39 is 12.0 Å². The van der Waals surface area contributed by atoms with E-state index in [1.165, 1.54) is 11.3 Å². The molecule has 2 fully saturated rings. The van der Waals surface area contributed by atoms with Crippen LogP contribution in [0.4, 0.5) is 5.69 Å². The van der Waals surface area contributed by atoms with Gasteiger partial charge in [-0.25, -0.2) is 4.79 Å². The van der Waals surface area contributed by atoms with Gasteiger partial charge in [0.2, 0.25) is 5.91 Å². The van der Waals surface area contributed by atoms with Crippen molar-refractivity contribution in [1.82, 2.24) is 0 Å². The number of nitrogens with two attached hydrogens (primary N) is 1. The van der Waals surface area contributed by atoms with E-state index in [0.29, 0.717) is 37.3 Å². The summed E-state index contributed by atoms with van der Waals surface area (Å²) in [7, 11) is 0. The van der Waals surface area contributed by atoms with Gasteiger partial charge in [0.1, 0.15) is 17.0 Å². The first-order chi connectivity index (χ1) is 17.3. The maximum Gasteiger partial charge on any atom is 0.348 e. The zero-order valence-corrected chi connectivity index (χ0v) is 24.2. The number of esters is 1. The van der Waals surface area contributed by atoms with Crippen LogP contribution in [0.1, 0.15) is 114 Å². The second-order valence-corrected chi connectivity index (χ2v) is 13.4. The zero-order chi connectivity index (χ0) is 27.5. The normalized spacial score (nSPS) is 26.2. The van der Waals surface area contributed by atoms with Gasteiger partial charge in [0.25, 0.3) is 0 Å². The fourth-order valence-electron chi connectivity index (χ4n) is 5.43. The van der Waals surface area contributed by atoms with Crippen molar-refractivity contribution in [3.63, 3.8) is 0 Å². The van der Waals surface area contributed by atoms with E-state index in [2.05, 4.69) is 27.7 Å². The molecule has 2 aliphatic carbocycles. The Morgan fingerprint density at radius 2 is 1.70 bits per heavy atom. The van der Waals surface area contributed by atoms with Gasteiger partial charge < -0.3 is 20.5 Å². The van der Waals surface area contributed by atoms with Crippen molar-refractivity contribution in [1.29, 1.82) is 0 Å². The Balaban J connectivity index is 1.84. The molecule has 1 aromatic heterocycles. The molecule has 3 N–H and O–H groups in total. The van der Waals surface area contributed by atoms with Crippen LogP contribution < -0.4 is 10.6 Å². The van der Waals surface area contributed by atoms with E-state index in [1.807, 2.05) is 24.8 Å². The Bertz CT molecular complexity index is 952. The summed E-state index contributed by atoms with van der Waals surface area (Å²) in [5.74, 6) is -0.713. The van der Waals surface area contributed by atoms with E-state index >= 15 is 0 Å². The largest absolute Gasteiger partial charge is 0.477 e. The van der Waals surface area contributed by atoms with Crippen molar-refractivity contribution in [2.45, 2.75) is 123 Å². The highest BCUT2D eigenvalue weighted by Gasteiger charge is 2.39.